The van der Waals surface area contributed by atoms with Crippen LogP contribution in [0.5, 0.6) is 0 Å². The Bertz CT molecular complexity index is 408. The summed E-state index contributed by atoms with van der Waals surface area (Å²) in [5, 5.41) is 3.20. The van der Waals surface area contributed by atoms with Crippen molar-refractivity contribution >= 4 is 21.9 Å². The molecular formula is C13H16BrNO2. The van der Waals surface area contributed by atoms with Crippen molar-refractivity contribution in [2.45, 2.75) is 13.5 Å². The molecule has 0 saturated carbocycles. The van der Waals surface area contributed by atoms with Crippen LogP contribution in [-0.4, -0.2) is 19.1 Å². The minimum absolute atomic E-state index is 0.00199. The molecule has 1 saturated heterocycles. The van der Waals surface area contributed by atoms with Gasteiger partial charge in [0.15, 0.2) is 0 Å². The van der Waals surface area contributed by atoms with E-state index in [2.05, 4.69) is 28.2 Å². The molecular weight excluding hydrogens is 282 g/mol. The highest BCUT2D eigenvalue weighted by Crippen LogP contribution is 2.18. The maximum Gasteiger partial charge on any atom is 0.310 e. The first-order valence-corrected chi connectivity index (χ1v) is 6.58. The summed E-state index contributed by atoms with van der Waals surface area (Å²) in [7, 11) is 0. The summed E-state index contributed by atoms with van der Waals surface area (Å²) in [6, 6.07) is 7.80. The van der Waals surface area contributed by atoms with Crippen LogP contribution in [0, 0.1) is 11.8 Å². The van der Waals surface area contributed by atoms with Gasteiger partial charge in [-0.05, 0) is 30.2 Å². The van der Waals surface area contributed by atoms with Gasteiger partial charge in [-0.3, -0.25) is 4.79 Å². The van der Waals surface area contributed by atoms with Crippen LogP contribution in [0.25, 0.3) is 0 Å². The first kappa shape index (κ1) is 12.6. The van der Waals surface area contributed by atoms with Crippen molar-refractivity contribution in [2.24, 2.45) is 11.8 Å². The van der Waals surface area contributed by atoms with Gasteiger partial charge in [-0.15, -0.1) is 0 Å². The van der Waals surface area contributed by atoms with Crippen molar-refractivity contribution in [2.75, 3.05) is 13.1 Å². The van der Waals surface area contributed by atoms with Gasteiger partial charge in [0.25, 0.3) is 0 Å². The fraction of sp³-hybridized carbons (Fsp3) is 0.462. The Balaban J connectivity index is 1.88. The van der Waals surface area contributed by atoms with Gasteiger partial charge < -0.3 is 10.1 Å². The number of halogens is 1. The van der Waals surface area contributed by atoms with Crippen molar-refractivity contribution in [3.8, 4) is 0 Å². The summed E-state index contributed by atoms with van der Waals surface area (Å²) in [4.78, 5) is 11.8. The second-order valence-corrected chi connectivity index (χ2v) is 5.40. The van der Waals surface area contributed by atoms with E-state index in [1.807, 2.05) is 24.3 Å². The normalized spacial score (nSPS) is 23.6. The molecule has 1 aromatic carbocycles. The van der Waals surface area contributed by atoms with Crippen molar-refractivity contribution in [1.29, 1.82) is 0 Å². The number of rotatable bonds is 3. The lowest BCUT2D eigenvalue weighted by Gasteiger charge is -2.13. The van der Waals surface area contributed by atoms with Gasteiger partial charge >= 0.3 is 5.97 Å². The lowest BCUT2D eigenvalue weighted by Crippen LogP contribution is -2.23. The van der Waals surface area contributed by atoms with Crippen LogP contribution in [0.4, 0.5) is 0 Å². The number of esters is 1. The number of hydrogen-bond acceptors (Lipinski definition) is 3. The van der Waals surface area contributed by atoms with Gasteiger partial charge in [0.05, 0.1) is 5.92 Å². The first-order valence-electron chi connectivity index (χ1n) is 5.78. The largest absolute Gasteiger partial charge is 0.461 e. The number of carbonyl (C=O) groups is 1. The number of ether oxygens (including phenoxy) is 1. The lowest BCUT2D eigenvalue weighted by molar-refractivity contribution is -0.150. The highest BCUT2D eigenvalue weighted by Gasteiger charge is 2.30. The molecule has 0 amide bonds. The summed E-state index contributed by atoms with van der Waals surface area (Å²) in [5.74, 6) is 0.273. The summed E-state index contributed by atoms with van der Waals surface area (Å²) < 4.78 is 6.34. The maximum absolute atomic E-state index is 11.8. The molecule has 0 aliphatic carbocycles. The Morgan fingerprint density at radius 2 is 2.35 bits per heavy atom. The second-order valence-electron chi connectivity index (χ2n) is 4.48. The van der Waals surface area contributed by atoms with Crippen LogP contribution in [0.15, 0.2) is 28.7 Å². The molecule has 17 heavy (non-hydrogen) atoms. The molecule has 0 radical (unpaired) electrons. The minimum atomic E-state index is -0.0949. The van der Waals surface area contributed by atoms with Gasteiger partial charge in [0.2, 0.25) is 0 Å². The smallest absolute Gasteiger partial charge is 0.310 e. The Kier molecular flexibility index (Phi) is 4.18. The number of benzene rings is 1. The van der Waals surface area contributed by atoms with E-state index in [9.17, 15) is 4.79 Å². The molecule has 1 heterocycles. The SMILES string of the molecule is C[C@@H]1CNC[C@H]1C(=O)OCc1cccc(Br)c1. The number of nitrogens with one attached hydrogen (secondary N) is 1. The van der Waals surface area contributed by atoms with E-state index < -0.39 is 0 Å². The molecule has 3 nitrogen and oxygen atoms in total. The molecule has 0 bridgehead atoms. The van der Waals surface area contributed by atoms with E-state index in [4.69, 9.17) is 4.74 Å². The van der Waals surface area contributed by atoms with E-state index in [0.29, 0.717) is 12.5 Å². The molecule has 4 heteroatoms. The average molecular weight is 298 g/mol. The molecule has 92 valence electrons. The van der Waals surface area contributed by atoms with Crippen molar-refractivity contribution < 1.29 is 9.53 Å². The van der Waals surface area contributed by atoms with Crippen LogP contribution < -0.4 is 5.32 Å². The third kappa shape index (κ3) is 3.30. The van der Waals surface area contributed by atoms with Crippen molar-refractivity contribution in [3.05, 3.63) is 34.3 Å². The molecule has 1 aliphatic heterocycles. The van der Waals surface area contributed by atoms with E-state index in [1.54, 1.807) is 0 Å². The lowest BCUT2D eigenvalue weighted by atomic mass is 9.99. The van der Waals surface area contributed by atoms with Crippen LogP contribution >= 0.6 is 15.9 Å². The van der Waals surface area contributed by atoms with Crippen LogP contribution in [0.2, 0.25) is 0 Å². The van der Waals surface area contributed by atoms with Gasteiger partial charge in [-0.2, -0.15) is 0 Å². The third-order valence-electron chi connectivity index (χ3n) is 3.09. The van der Waals surface area contributed by atoms with Gasteiger partial charge in [-0.25, -0.2) is 0 Å². The predicted molar refractivity (Wildman–Crippen MR) is 69.5 cm³/mol. The Hall–Kier alpha value is -0.870. The summed E-state index contributed by atoms with van der Waals surface area (Å²) in [5.41, 5.74) is 1.01. The van der Waals surface area contributed by atoms with Crippen molar-refractivity contribution in [3.63, 3.8) is 0 Å². The van der Waals surface area contributed by atoms with Gasteiger partial charge in [-0.1, -0.05) is 35.0 Å². The molecule has 0 unspecified atom stereocenters. The second kappa shape index (κ2) is 5.65. The average Bonchev–Trinajstić information content (AvgIpc) is 2.72. The molecule has 1 fully saturated rings. The predicted octanol–water partition coefficient (Wildman–Crippen LogP) is 2.35. The molecule has 1 N–H and O–H groups in total. The van der Waals surface area contributed by atoms with E-state index in [0.717, 1.165) is 23.1 Å². The Morgan fingerprint density at radius 1 is 1.53 bits per heavy atom. The van der Waals surface area contributed by atoms with Crippen LogP contribution in [0.3, 0.4) is 0 Å². The van der Waals surface area contributed by atoms with Crippen LogP contribution in [0.1, 0.15) is 12.5 Å². The number of hydrogen-bond donors (Lipinski definition) is 1. The molecule has 0 spiro atoms. The van der Waals surface area contributed by atoms with E-state index in [1.165, 1.54) is 0 Å². The maximum atomic E-state index is 11.8. The van der Waals surface area contributed by atoms with E-state index in [-0.39, 0.29) is 11.9 Å². The quantitative estimate of drug-likeness (QED) is 0.871. The molecule has 2 atom stereocenters. The zero-order valence-corrected chi connectivity index (χ0v) is 11.4. The molecule has 1 aliphatic rings. The molecule has 2 rings (SSSR count). The highest BCUT2D eigenvalue weighted by atomic mass is 79.9. The zero-order chi connectivity index (χ0) is 12.3. The Labute approximate surface area is 110 Å². The standard InChI is InChI=1S/C13H16BrNO2/c1-9-6-15-7-12(9)13(16)17-8-10-3-2-4-11(14)5-10/h2-5,9,12,15H,6-8H2,1H3/t9-,12-/m1/s1. The minimum Gasteiger partial charge on any atom is -0.461 e. The van der Waals surface area contributed by atoms with Gasteiger partial charge in [0.1, 0.15) is 6.61 Å². The third-order valence-corrected chi connectivity index (χ3v) is 3.58. The highest BCUT2D eigenvalue weighted by molar-refractivity contribution is 9.10. The summed E-state index contributed by atoms with van der Waals surface area (Å²) in [6.07, 6.45) is 0. The van der Waals surface area contributed by atoms with Crippen LogP contribution in [-0.2, 0) is 16.1 Å². The monoisotopic (exact) mass is 297 g/mol. The topological polar surface area (TPSA) is 38.3 Å². The zero-order valence-electron chi connectivity index (χ0n) is 9.78. The van der Waals surface area contributed by atoms with E-state index >= 15 is 0 Å². The molecule has 0 aromatic heterocycles. The Morgan fingerprint density at radius 3 is 3.00 bits per heavy atom. The summed E-state index contributed by atoms with van der Waals surface area (Å²) >= 11 is 3.39. The number of carbonyl (C=O) groups excluding carboxylic acids is 1. The fourth-order valence-corrected chi connectivity index (χ4v) is 2.46. The molecule has 1 aromatic rings. The van der Waals surface area contributed by atoms with Crippen molar-refractivity contribution in [1.82, 2.24) is 5.32 Å². The first-order chi connectivity index (χ1) is 8.16. The fourth-order valence-electron chi connectivity index (χ4n) is 2.01. The summed E-state index contributed by atoms with van der Waals surface area (Å²) in [6.45, 7) is 4.06. The van der Waals surface area contributed by atoms with Gasteiger partial charge in [0, 0.05) is 11.0 Å².